The molecule has 12 heteroatoms. The normalized spacial score (nSPS) is 16.6. The molecule has 0 saturated heterocycles. The summed E-state index contributed by atoms with van der Waals surface area (Å²) in [6, 6.07) is 1.64. The predicted molar refractivity (Wildman–Crippen MR) is 74.5 cm³/mol. The Bertz CT molecular complexity index is 749. The fourth-order valence-electron chi connectivity index (χ4n) is 2.07. The lowest BCUT2D eigenvalue weighted by Gasteiger charge is -2.28. The number of carbonyl (C=O) groups excluding carboxylic acids is 1. The molecule has 1 N–H and O–H groups in total. The van der Waals surface area contributed by atoms with Gasteiger partial charge in [0, 0.05) is 17.7 Å². The first-order valence-electron chi connectivity index (χ1n) is 6.22. The second kappa shape index (κ2) is 6.57. The van der Waals surface area contributed by atoms with Crippen LogP contribution in [0.15, 0.2) is 23.3 Å². The Balaban J connectivity index is 2.76. The molecule has 2 rings (SSSR count). The van der Waals surface area contributed by atoms with Crippen LogP contribution in [-0.4, -0.2) is 38.1 Å². The van der Waals surface area contributed by atoms with Crippen LogP contribution in [0.3, 0.4) is 0 Å². The molecular weight excluding hydrogens is 357 g/mol. The smallest absolute Gasteiger partial charge is 0.416 e. The fraction of sp³-hybridized carbons (Fsp3) is 0.250. The first kappa shape index (κ1) is 17.9. The minimum atomic E-state index is -4.89. The molecule has 0 fully saturated rings. The zero-order valence-electron chi connectivity index (χ0n) is 11.6. The van der Waals surface area contributed by atoms with Crippen LogP contribution in [0.25, 0.3) is 5.70 Å². The zero-order chi connectivity index (χ0) is 18.1. The van der Waals surface area contributed by atoms with Gasteiger partial charge in [-0.1, -0.05) is 0 Å². The fourth-order valence-corrected chi connectivity index (χ4v) is 2.66. The standard InChI is InChI=1S/C12H9F3N2O6S/c13-12(14,15)8-3-7(4-9(5-8)17(19)20)10-11(24(21)22)23-2-1-16(10)6-18/h3-6H,1-2H2,(H,21,22). The van der Waals surface area contributed by atoms with Gasteiger partial charge in [-0.3, -0.25) is 19.5 Å². The maximum absolute atomic E-state index is 13.0. The number of hydrogen-bond donors (Lipinski definition) is 1. The average Bonchev–Trinajstić information content (AvgIpc) is 2.52. The molecule has 1 aliphatic heterocycles. The number of alkyl halides is 3. The van der Waals surface area contributed by atoms with E-state index in [4.69, 9.17) is 4.74 Å². The van der Waals surface area contributed by atoms with E-state index in [0.29, 0.717) is 12.1 Å². The minimum absolute atomic E-state index is 0.0937. The molecule has 0 spiro atoms. The number of benzene rings is 1. The molecule has 0 bridgehead atoms. The molecule has 24 heavy (non-hydrogen) atoms. The topological polar surface area (TPSA) is 110 Å². The van der Waals surface area contributed by atoms with Crippen LogP contribution in [0.4, 0.5) is 18.9 Å². The molecule has 0 radical (unpaired) electrons. The maximum Gasteiger partial charge on any atom is 0.416 e. The minimum Gasteiger partial charge on any atom is -0.480 e. The molecule has 130 valence electrons. The summed E-state index contributed by atoms with van der Waals surface area (Å²) in [6.07, 6.45) is -4.65. The zero-order valence-corrected chi connectivity index (χ0v) is 12.5. The summed E-state index contributed by atoms with van der Waals surface area (Å²) >= 11 is -2.74. The number of hydrogen-bond acceptors (Lipinski definition) is 5. The van der Waals surface area contributed by atoms with Crippen molar-refractivity contribution in [3.8, 4) is 0 Å². The molecule has 0 saturated carbocycles. The number of nitro groups is 1. The van der Waals surface area contributed by atoms with Gasteiger partial charge in [-0.15, -0.1) is 0 Å². The van der Waals surface area contributed by atoms with E-state index < -0.39 is 49.8 Å². The van der Waals surface area contributed by atoms with E-state index in [2.05, 4.69) is 0 Å². The average molecular weight is 366 g/mol. The van der Waals surface area contributed by atoms with Crippen molar-refractivity contribution >= 4 is 28.9 Å². The van der Waals surface area contributed by atoms with Gasteiger partial charge in [0.05, 0.1) is 17.0 Å². The van der Waals surface area contributed by atoms with E-state index in [1.165, 1.54) is 0 Å². The second-order valence-corrected chi connectivity index (χ2v) is 5.43. The van der Waals surface area contributed by atoms with Crippen LogP contribution >= 0.6 is 0 Å². The van der Waals surface area contributed by atoms with Gasteiger partial charge in [-0.2, -0.15) is 13.2 Å². The third kappa shape index (κ3) is 3.54. The number of rotatable bonds is 4. The lowest BCUT2D eigenvalue weighted by Crippen LogP contribution is -2.31. The van der Waals surface area contributed by atoms with Crippen molar-refractivity contribution in [2.24, 2.45) is 0 Å². The monoisotopic (exact) mass is 366 g/mol. The highest BCUT2D eigenvalue weighted by atomic mass is 32.2. The van der Waals surface area contributed by atoms with Gasteiger partial charge in [0.2, 0.25) is 22.6 Å². The largest absolute Gasteiger partial charge is 0.480 e. The lowest BCUT2D eigenvalue weighted by atomic mass is 10.1. The summed E-state index contributed by atoms with van der Waals surface area (Å²) in [6.45, 7) is -0.242. The van der Waals surface area contributed by atoms with Crippen LogP contribution < -0.4 is 0 Å². The first-order chi connectivity index (χ1) is 11.1. The summed E-state index contributed by atoms with van der Waals surface area (Å²) in [5, 5.41) is 10.2. The van der Waals surface area contributed by atoms with Crippen molar-refractivity contribution < 1.29 is 36.4 Å². The molecule has 0 aromatic heterocycles. The van der Waals surface area contributed by atoms with Crippen molar-refractivity contribution in [2.45, 2.75) is 6.18 Å². The summed E-state index contributed by atoms with van der Waals surface area (Å²) in [5.41, 5.74) is -3.07. The predicted octanol–water partition coefficient (Wildman–Crippen LogP) is 1.95. The molecule has 1 heterocycles. The summed E-state index contributed by atoms with van der Waals surface area (Å²) in [4.78, 5) is 21.8. The van der Waals surface area contributed by atoms with Crippen LogP contribution in [0.1, 0.15) is 11.1 Å². The van der Waals surface area contributed by atoms with Gasteiger partial charge >= 0.3 is 6.18 Å². The molecule has 1 aromatic carbocycles. The Labute approximate surface area is 134 Å². The highest BCUT2D eigenvalue weighted by Crippen LogP contribution is 2.36. The van der Waals surface area contributed by atoms with Crippen LogP contribution in [0.5, 0.6) is 0 Å². The molecule has 1 amide bonds. The van der Waals surface area contributed by atoms with Gasteiger partial charge in [0.1, 0.15) is 12.3 Å². The quantitative estimate of drug-likeness (QED) is 0.377. The summed E-state index contributed by atoms with van der Waals surface area (Å²) < 4.78 is 64.3. The SMILES string of the molecule is O=CN1CCOC(S(=O)O)=C1c1cc([N+](=O)[O-])cc(C(F)(F)F)c1. The van der Waals surface area contributed by atoms with E-state index in [1.807, 2.05) is 0 Å². The van der Waals surface area contributed by atoms with Gasteiger partial charge in [-0.05, 0) is 6.07 Å². The lowest BCUT2D eigenvalue weighted by molar-refractivity contribution is -0.385. The van der Waals surface area contributed by atoms with Crippen molar-refractivity contribution in [3.63, 3.8) is 0 Å². The molecule has 0 aliphatic carbocycles. The third-order valence-electron chi connectivity index (χ3n) is 3.06. The van der Waals surface area contributed by atoms with Crippen molar-refractivity contribution in [1.29, 1.82) is 0 Å². The number of ether oxygens (including phenoxy) is 1. The van der Waals surface area contributed by atoms with Gasteiger partial charge < -0.3 is 9.64 Å². The number of non-ortho nitro benzene ring substituents is 1. The first-order valence-corrected chi connectivity index (χ1v) is 7.32. The van der Waals surface area contributed by atoms with Crippen LogP contribution in [-0.2, 0) is 26.8 Å². The van der Waals surface area contributed by atoms with E-state index in [1.54, 1.807) is 0 Å². The maximum atomic E-state index is 13.0. The van der Waals surface area contributed by atoms with Gasteiger partial charge in [-0.25, -0.2) is 4.21 Å². The second-order valence-electron chi connectivity index (χ2n) is 4.56. The van der Waals surface area contributed by atoms with E-state index in [0.717, 1.165) is 11.0 Å². The highest BCUT2D eigenvalue weighted by Gasteiger charge is 2.35. The number of nitro benzene ring substituents is 1. The molecule has 1 unspecified atom stereocenters. The Morgan fingerprint density at radius 3 is 2.54 bits per heavy atom. The molecular formula is C12H9F3N2O6S. The van der Waals surface area contributed by atoms with E-state index in [9.17, 15) is 36.8 Å². The number of halogens is 3. The number of amides is 1. The van der Waals surface area contributed by atoms with E-state index >= 15 is 0 Å². The number of nitrogens with zero attached hydrogens (tertiary/aromatic N) is 2. The molecule has 1 aromatic rings. The molecule has 1 aliphatic rings. The third-order valence-corrected chi connectivity index (χ3v) is 3.69. The van der Waals surface area contributed by atoms with E-state index in [-0.39, 0.29) is 19.6 Å². The van der Waals surface area contributed by atoms with Crippen LogP contribution in [0, 0.1) is 10.1 Å². The van der Waals surface area contributed by atoms with Crippen molar-refractivity contribution in [1.82, 2.24) is 4.90 Å². The highest BCUT2D eigenvalue weighted by molar-refractivity contribution is 7.83. The Morgan fingerprint density at radius 2 is 2.04 bits per heavy atom. The number of carbonyl (C=O) groups is 1. The Hall–Kier alpha value is -2.47. The summed E-state index contributed by atoms with van der Waals surface area (Å²) in [5.74, 6) is 0. The summed E-state index contributed by atoms with van der Waals surface area (Å²) in [7, 11) is 0. The van der Waals surface area contributed by atoms with Crippen molar-refractivity contribution in [2.75, 3.05) is 13.2 Å². The Kier molecular flexibility index (Phi) is 4.89. The van der Waals surface area contributed by atoms with Gasteiger partial charge in [0.25, 0.3) is 5.69 Å². The molecule has 1 atom stereocenters. The Morgan fingerprint density at radius 1 is 1.38 bits per heavy atom. The van der Waals surface area contributed by atoms with Crippen LogP contribution in [0.2, 0.25) is 0 Å². The molecule has 8 nitrogen and oxygen atoms in total. The van der Waals surface area contributed by atoms with Gasteiger partial charge in [0.15, 0.2) is 0 Å². The van der Waals surface area contributed by atoms with Crippen molar-refractivity contribution in [3.05, 3.63) is 44.5 Å².